The Morgan fingerprint density at radius 3 is 2.53 bits per heavy atom. The maximum absolute atomic E-state index is 11.7. The molecular weight excluding hydrogens is 240 g/mol. The van der Waals surface area contributed by atoms with Crippen molar-refractivity contribution >= 4 is 0 Å². The minimum Gasteiger partial charge on any atom is -0.306 e. The standard InChI is InChI=1S/C14H10N4O/c19-13-8-12(11-2-1-5-16-9-11)17-14(18-13)10-3-6-15-7-4-10/h1-9H,(H,17,18,19). The van der Waals surface area contributed by atoms with Crippen molar-refractivity contribution in [1.29, 1.82) is 0 Å². The fraction of sp³-hybridized carbons (Fsp3) is 0. The Labute approximate surface area is 109 Å². The van der Waals surface area contributed by atoms with Gasteiger partial charge in [-0.2, -0.15) is 0 Å². The number of pyridine rings is 2. The second-order valence-corrected chi connectivity index (χ2v) is 3.96. The van der Waals surface area contributed by atoms with Crippen molar-refractivity contribution in [3.05, 3.63) is 65.5 Å². The Morgan fingerprint density at radius 1 is 0.947 bits per heavy atom. The van der Waals surface area contributed by atoms with Crippen molar-refractivity contribution in [2.24, 2.45) is 0 Å². The molecule has 3 aromatic rings. The summed E-state index contributed by atoms with van der Waals surface area (Å²) in [6.07, 6.45) is 6.68. The molecule has 0 radical (unpaired) electrons. The highest BCUT2D eigenvalue weighted by Gasteiger charge is 2.05. The highest BCUT2D eigenvalue weighted by atomic mass is 16.1. The van der Waals surface area contributed by atoms with Crippen LogP contribution in [0.15, 0.2) is 59.9 Å². The van der Waals surface area contributed by atoms with Gasteiger partial charge in [0.2, 0.25) is 0 Å². The van der Waals surface area contributed by atoms with Gasteiger partial charge < -0.3 is 4.98 Å². The number of hydrogen-bond donors (Lipinski definition) is 1. The largest absolute Gasteiger partial charge is 0.306 e. The zero-order valence-electron chi connectivity index (χ0n) is 9.95. The number of H-pyrrole nitrogens is 1. The summed E-state index contributed by atoms with van der Waals surface area (Å²) < 4.78 is 0. The van der Waals surface area contributed by atoms with E-state index in [1.807, 2.05) is 12.1 Å². The van der Waals surface area contributed by atoms with Gasteiger partial charge in [0.1, 0.15) is 5.82 Å². The minimum atomic E-state index is -0.194. The smallest absolute Gasteiger partial charge is 0.251 e. The Hall–Kier alpha value is -2.82. The summed E-state index contributed by atoms with van der Waals surface area (Å²) in [6.45, 7) is 0. The number of rotatable bonds is 2. The molecule has 92 valence electrons. The molecule has 0 aliphatic rings. The van der Waals surface area contributed by atoms with Crippen LogP contribution in [0.1, 0.15) is 0 Å². The van der Waals surface area contributed by atoms with Crippen LogP contribution in [-0.4, -0.2) is 19.9 Å². The summed E-state index contributed by atoms with van der Waals surface area (Å²) in [5.41, 5.74) is 2.03. The van der Waals surface area contributed by atoms with E-state index < -0.39 is 0 Å². The predicted molar refractivity (Wildman–Crippen MR) is 71.3 cm³/mol. The summed E-state index contributed by atoms with van der Waals surface area (Å²) in [5.74, 6) is 0.522. The van der Waals surface area contributed by atoms with E-state index >= 15 is 0 Å². The van der Waals surface area contributed by atoms with E-state index in [2.05, 4.69) is 19.9 Å². The molecule has 3 heterocycles. The van der Waals surface area contributed by atoms with Gasteiger partial charge in [-0.15, -0.1) is 0 Å². The van der Waals surface area contributed by atoms with Crippen LogP contribution >= 0.6 is 0 Å². The first kappa shape index (κ1) is 11.3. The van der Waals surface area contributed by atoms with Crippen LogP contribution < -0.4 is 5.56 Å². The van der Waals surface area contributed by atoms with Gasteiger partial charge in [0.25, 0.3) is 5.56 Å². The molecule has 0 amide bonds. The monoisotopic (exact) mass is 250 g/mol. The fourth-order valence-corrected chi connectivity index (χ4v) is 1.77. The third-order valence-corrected chi connectivity index (χ3v) is 2.65. The van der Waals surface area contributed by atoms with E-state index in [0.29, 0.717) is 11.5 Å². The third-order valence-electron chi connectivity index (χ3n) is 2.65. The first-order valence-electron chi connectivity index (χ1n) is 5.75. The van der Waals surface area contributed by atoms with E-state index in [4.69, 9.17) is 0 Å². The Balaban J connectivity index is 2.15. The van der Waals surface area contributed by atoms with Gasteiger partial charge in [0.15, 0.2) is 0 Å². The van der Waals surface area contributed by atoms with E-state index in [1.165, 1.54) is 6.07 Å². The van der Waals surface area contributed by atoms with Crippen molar-refractivity contribution in [1.82, 2.24) is 19.9 Å². The van der Waals surface area contributed by atoms with Crippen molar-refractivity contribution in [3.8, 4) is 22.6 Å². The van der Waals surface area contributed by atoms with Gasteiger partial charge in [-0.3, -0.25) is 14.8 Å². The molecule has 3 aromatic heterocycles. The van der Waals surface area contributed by atoms with Crippen molar-refractivity contribution in [3.63, 3.8) is 0 Å². The number of hydrogen-bond acceptors (Lipinski definition) is 4. The van der Waals surface area contributed by atoms with E-state index in [9.17, 15) is 4.79 Å². The molecule has 5 heteroatoms. The molecule has 0 aliphatic heterocycles. The zero-order chi connectivity index (χ0) is 13.1. The second-order valence-electron chi connectivity index (χ2n) is 3.96. The number of aromatic amines is 1. The van der Waals surface area contributed by atoms with Gasteiger partial charge in [-0.05, 0) is 24.3 Å². The summed E-state index contributed by atoms with van der Waals surface area (Å²) in [6, 6.07) is 8.73. The number of nitrogens with one attached hydrogen (secondary N) is 1. The van der Waals surface area contributed by atoms with Crippen LogP contribution in [-0.2, 0) is 0 Å². The maximum Gasteiger partial charge on any atom is 0.251 e. The van der Waals surface area contributed by atoms with Gasteiger partial charge >= 0.3 is 0 Å². The lowest BCUT2D eigenvalue weighted by Gasteiger charge is -2.03. The van der Waals surface area contributed by atoms with Crippen LogP contribution in [0.25, 0.3) is 22.6 Å². The van der Waals surface area contributed by atoms with Crippen LogP contribution in [0.4, 0.5) is 0 Å². The average Bonchev–Trinajstić information content (AvgIpc) is 2.48. The molecule has 0 fully saturated rings. The minimum absolute atomic E-state index is 0.194. The lowest BCUT2D eigenvalue weighted by Crippen LogP contribution is -2.08. The molecule has 5 nitrogen and oxygen atoms in total. The summed E-state index contributed by atoms with van der Waals surface area (Å²) in [4.78, 5) is 26.9. The van der Waals surface area contributed by atoms with Crippen LogP contribution in [0, 0.1) is 0 Å². The lowest BCUT2D eigenvalue weighted by atomic mass is 10.2. The average molecular weight is 250 g/mol. The molecule has 0 unspecified atom stereocenters. The van der Waals surface area contributed by atoms with Gasteiger partial charge in [0, 0.05) is 42.0 Å². The molecule has 1 N–H and O–H groups in total. The summed E-state index contributed by atoms with van der Waals surface area (Å²) in [7, 11) is 0. The molecule has 19 heavy (non-hydrogen) atoms. The van der Waals surface area contributed by atoms with Crippen LogP contribution in [0.2, 0.25) is 0 Å². The molecule has 0 atom stereocenters. The molecule has 0 aliphatic carbocycles. The summed E-state index contributed by atoms with van der Waals surface area (Å²) >= 11 is 0. The Kier molecular flexibility index (Phi) is 2.86. The quantitative estimate of drug-likeness (QED) is 0.754. The van der Waals surface area contributed by atoms with Crippen LogP contribution in [0.3, 0.4) is 0 Å². The molecule has 0 bridgehead atoms. The fourth-order valence-electron chi connectivity index (χ4n) is 1.77. The Bertz CT molecular complexity index is 677. The molecule has 0 saturated heterocycles. The molecule has 3 rings (SSSR count). The third kappa shape index (κ3) is 2.40. The first-order valence-corrected chi connectivity index (χ1v) is 5.75. The van der Waals surface area contributed by atoms with Gasteiger partial charge in [-0.25, -0.2) is 4.98 Å². The SMILES string of the molecule is O=c1cc(-c2cccnc2)nc(-c2ccncc2)[nH]1. The molecular formula is C14H10N4O. The second kappa shape index (κ2) is 4.81. The summed E-state index contributed by atoms with van der Waals surface area (Å²) in [5, 5.41) is 0. The molecule has 0 aromatic carbocycles. The Morgan fingerprint density at radius 2 is 1.79 bits per heavy atom. The van der Waals surface area contributed by atoms with Gasteiger partial charge in [0.05, 0.1) is 5.69 Å². The predicted octanol–water partition coefficient (Wildman–Crippen LogP) is 1.89. The van der Waals surface area contributed by atoms with Gasteiger partial charge in [-0.1, -0.05) is 0 Å². The normalized spacial score (nSPS) is 10.3. The number of nitrogens with zero attached hydrogens (tertiary/aromatic N) is 3. The van der Waals surface area contributed by atoms with Crippen molar-refractivity contribution in [2.45, 2.75) is 0 Å². The van der Waals surface area contributed by atoms with E-state index in [0.717, 1.165) is 11.1 Å². The van der Waals surface area contributed by atoms with Crippen LogP contribution in [0.5, 0.6) is 0 Å². The van der Waals surface area contributed by atoms with E-state index in [1.54, 1.807) is 36.9 Å². The molecule has 0 spiro atoms. The first-order chi connectivity index (χ1) is 9.33. The topological polar surface area (TPSA) is 71.5 Å². The number of aromatic nitrogens is 4. The van der Waals surface area contributed by atoms with E-state index in [-0.39, 0.29) is 5.56 Å². The zero-order valence-corrected chi connectivity index (χ0v) is 9.95. The van der Waals surface area contributed by atoms with Crippen molar-refractivity contribution < 1.29 is 0 Å². The van der Waals surface area contributed by atoms with Crippen molar-refractivity contribution in [2.75, 3.05) is 0 Å². The lowest BCUT2D eigenvalue weighted by molar-refractivity contribution is 1.12. The molecule has 0 saturated carbocycles. The highest BCUT2D eigenvalue weighted by molar-refractivity contribution is 5.62. The maximum atomic E-state index is 11.7. The highest BCUT2D eigenvalue weighted by Crippen LogP contribution is 2.17.